The highest BCUT2D eigenvalue weighted by atomic mass is 35.5. The molecule has 6 heteroatoms. The van der Waals surface area contributed by atoms with Crippen molar-refractivity contribution in [3.63, 3.8) is 0 Å². The molecule has 0 saturated heterocycles. The van der Waals surface area contributed by atoms with Crippen molar-refractivity contribution >= 4 is 11.6 Å². The van der Waals surface area contributed by atoms with Gasteiger partial charge >= 0.3 is 0 Å². The van der Waals surface area contributed by atoms with Gasteiger partial charge in [-0.3, -0.25) is 0 Å². The van der Waals surface area contributed by atoms with Crippen LogP contribution in [0.2, 0.25) is 0 Å². The quantitative estimate of drug-likeness (QED) is 0.764. The molecule has 1 aliphatic rings. The molecule has 1 aliphatic heterocycles. The zero-order chi connectivity index (χ0) is 11.7. The highest BCUT2D eigenvalue weighted by Gasteiger charge is 2.13. The van der Waals surface area contributed by atoms with Crippen molar-refractivity contribution in [1.82, 2.24) is 15.0 Å². The van der Waals surface area contributed by atoms with E-state index in [1.54, 1.807) is 10.9 Å². The van der Waals surface area contributed by atoms with E-state index in [1.807, 2.05) is 18.2 Å². The van der Waals surface area contributed by atoms with E-state index in [0.717, 1.165) is 22.9 Å². The van der Waals surface area contributed by atoms with E-state index in [1.165, 1.54) is 0 Å². The third-order valence-electron chi connectivity index (χ3n) is 2.53. The summed E-state index contributed by atoms with van der Waals surface area (Å²) in [6.07, 6.45) is 1.64. The van der Waals surface area contributed by atoms with Crippen LogP contribution < -0.4 is 9.47 Å². The predicted octanol–water partition coefficient (Wildman–Crippen LogP) is 1.78. The standard InChI is InChI=1S/C11H10ClN3O2/c12-6-9-7-13-14-15(9)8-1-2-10-11(5-8)17-4-3-16-10/h1-2,5,7H,3-4,6H2. The molecule has 2 heterocycles. The monoisotopic (exact) mass is 251 g/mol. The SMILES string of the molecule is ClCc1cnnn1-c1ccc2c(c1)OCCO2. The van der Waals surface area contributed by atoms with E-state index in [9.17, 15) is 0 Å². The van der Waals surface area contributed by atoms with Crippen LogP contribution in [0.4, 0.5) is 0 Å². The van der Waals surface area contributed by atoms with Crippen molar-refractivity contribution in [3.8, 4) is 17.2 Å². The molecule has 0 unspecified atom stereocenters. The molecule has 0 saturated carbocycles. The molecular weight excluding hydrogens is 242 g/mol. The molecule has 17 heavy (non-hydrogen) atoms. The van der Waals surface area contributed by atoms with Gasteiger partial charge in [0, 0.05) is 6.07 Å². The van der Waals surface area contributed by atoms with E-state index in [0.29, 0.717) is 19.1 Å². The van der Waals surface area contributed by atoms with Gasteiger partial charge in [-0.25, -0.2) is 4.68 Å². The Bertz CT molecular complexity index is 541. The Kier molecular flexibility index (Phi) is 2.60. The number of hydrogen-bond acceptors (Lipinski definition) is 4. The largest absolute Gasteiger partial charge is 0.486 e. The van der Waals surface area contributed by atoms with Crippen molar-refractivity contribution in [2.75, 3.05) is 13.2 Å². The van der Waals surface area contributed by atoms with Crippen molar-refractivity contribution < 1.29 is 9.47 Å². The molecule has 1 aromatic carbocycles. The van der Waals surface area contributed by atoms with Gasteiger partial charge in [0.1, 0.15) is 13.2 Å². The van der Waals surface area contributed by atoms with Crippen LogP contribution in [0.1, 0.15) is 5.69 Å². The fourth-order valence-electron chi connectivity index (χ4n) is 1.73. The van der Waals surface area contributed by atoms with Gasteiger partial charge in [-0.15, -0.1) is 16.7 Å². The summed E-state index contributed by atoms with van der Waals surface area (Å²) in [5, 5.41) is 7.83. The first-order valence-electron chi connectivity index (χ1n) is 5.24. The first-order chi connectivity index (χ1) is 8.38. The maximum Gasteiger partial charge on any atom is 0.163 e. The summed E-state index contributed by atoms with van der Waals surface area (Å²) >= 11 is 5.81. The number of alkyl halides is 1. The molecular formula is C11H10ClN3O2. The zero-order valence-corrected chi connectivity index (χ0v) is 9.72. The highest BCUT2D eigenvalue weighted by Crippen LogP contribution is 2.32. The van der Waals surface area contributed by atoms with Crippen LogP contribution in [-0.4, -0.2) is 28.2 Å². The fraction of sp³-hybridized carbons (Fsp3) is 0.273. The lowest BCUT2D eigenvalue weighted by Crippen LogP contribution is -2.15. The van der Waals surface area contributed by atoms with Crippen LogP contribution in [-0.2, 0) is 5.88 Å². The maximum atomic E-state index is 5.81. The summed E-state index contributed by atoms with van der Waals surface area (Å²) in [5.41, 5.74) is 1.70. The summed E-state index contributed by atoms with van der Waals surface area (Å²) in [4.78, 5) is 0. The minimum Gasteiger partial charge on any atom is -0.486 e. The van der Waals surface area contributed by atoms with Crippen LogP contribution in [0.15, 0.2) is 24.4 Å². The second-order valence-corrected chi connectivity index (χ2v) is 3.87. The van der Waals surface area contributed by atoms with Crippen molar-refractivity contribution in [3.05, 3.63) is 30.1 Å². The molecule has 2 aromatic rings. The lowest BCUT2D eigenvalue weighted by molar-refractivity contribution is 0.171. The number of ether oxygens (including phenoxy) is 2. The molecule has 0 amide bonds. The topological polar surface area (TPSA) is 49.2 Å². The van der Waals surface area contributed by atoms with Crippen LogP contribution in [0.5, 0.6) is 11.5 Å². The second-order valence-electron chi connectivity index (χ2n) is 3.60. The maximum absolute atomic E-state index is 5.81. The number of hydrogen-bond donors (Lipinski definition) is 0. The van der Waals surface area contributed by atoms with E-state index in [2.05, 4.69) is 10.3 Å². The number of aromatic nitrogens is 3. The number of rotatable bonds is 2. The first-order valence-corrected chi connectivity index (χ1v) is 5.77. The summed E-state index contributed by atoms with van der Waals surface area (Å²) in [6, 6.07) is 5.64. The highest BCUT2D eigenvalue weighted by molar-refractivity contribution is 6.16. The van der Waals surface area contributed by atoms with E-state index in [4.69, 9.17) is 21.1 Å². The summed E-state index contributed by atoms with van der Waals surface area (Å²) in [6.45, 7) is 1.15. The van der Waals surface area contributed by atoms with Gasteiger partial charge in [0.25, 0.3) is 0 Å². The molecule has 1 aromatic heterocycles. The number of benzene rings is 1. The molecule has 0 radical (unpaired) electrons. The molecule has 0 bridgehead atoms. The molecule has 0 N–H and O–H groups in total. The summed E-state index contributed by atoms with van der Waals surface area (Å²) in [5.74, 6) is 1.85. The predicted molar refractivity (Wildman–Crippen MR) is 61.9 cm³/mol. The molecule has 0 fully saturated rings. The van der Waals surface area contributed by atoms with Gasteiger partial charge in [-0.2, -0.15) is 0 Å². The third-order valence-corrected chi connectivity index (χ3v) is 2.80. The summed E-state index contributed by atoms with van der Waals surface area (Å²) < 4.78 is 12.7. The summed E-state index contributed by atoms with van der Waals surface area (Å²) in [7, 11) is 0. The van der Waals surface area contributed by atoms with Gasteiger partial charge in [0.15, 0.2) is 11.5 Å². The van der Waals surface area contributed by atoms with E-state index < -0.39 is 0 Å². The molecule has 3 rings (SSSR count). The van der Waals surface area contributed by atoms with Gasteiger partial charge < -0.3 is 9.47 Å². The average Bonchev–Trinajstić information content (AvgIpc) is 2.86. The minimum atomic E-state index is 0.363. The van der Waals surface area contributed by atoms with Crippen LogP contribution in [0.25, 0.3) is 5.69 Å². The molecule has 0 atom stereocenters. The van der Waals surface area contributed by atoms with Crippen LogP contribution >= 0.6 is 11.6 Å². The Labute approximate surface area is 103 Å². The Balaban J connectivity index is 2.04. The van der Waals surface area contributed by atoms with E-state index >= 15 is 0 Å². The molecule has 0 spiro atoms. The molecule has 88 valence electrons. The van der Waals surface area contributed by atoms with Crippen molar-refractivity contribution in [1.29, 1.82) is 0 Å². The number of fused-ring (bicyclic) bond motifs is 1. The van der Waals surface area contributed by atoms with Crippen LogP contribution in [0.3, 0.4) is 0 Å². The van der Waals surface area contributed by atoms with Gasteiger partial charge in [0.2, 0.25) is 0 Å². The lowest BCUT2D eigenvalue weighted by Gasteiger charge is -2.18. The number of halogens is 1. The Morgan fingerprint density at radius 3 is 2.88 bits per heavy atom. The van der Waals surface area contributed by atoms with Gasteiger partial charge in [-0.05, 0) is 12.1 Å². The van der Waals surface area contributed by atoms with Crippen LogP contribution in [0, 0.1) is 0 Å². The van der Waals surface area contributed by atoms with Gasteiger partial charge in [0.05, 0.1) is 23.5 Å². The average molecular weight is 252 g/mol. The minimum absolute atomic E-state index is 0.363. The Hall–Kier alpha value is -1.75. The van der Waals surface area contributed by atoms with Crippen molar-refractivity contribution in [2.24, 2.45) is 0 Å². The first kappa shape index (κ1) is 10.4. The second kappa shape index (κ2) is 4.25. The third kappa shape index (κ3) is 1.82. The molecule has 0 aliphatic carbocycles. The Morgan fingerprint density at radius 1 is 1.24 bits per heavy atom. The fourth-order valence-corrected chi connectivity index (χ4v) is 1.91. The molecule has 5 nitrogen and oxygen atoms in total. The van der Waals surface area contributed by atoms with Crippen molar-refractivity contribution in [2.45, 2.75) is 5.88 Å². The smallest absolute Gasteiger partial charge is 0.163 e. The zero-order valence-electron chi connectivity index (χ0n) is 8.97. The normalized spacial score (nSPS) is 13.7. The number of nitrogens with zero attached hydrogens (tertiary/aromatic N) is 3. The van der Waals surface area contributed by atoms with Gasteiger partial charge in [-0.1, -0.05) is 5.21 Å². The van der Waals surface area contributed by atoms with E-state index in [-0.39, 0.29) is 0 Å². The lowest BCUT2D eigenvalue weighted by atomic mass is 10.2. The Morgan fingerprint density at radius 2 is 2.06 bits per heavy atom.